The Balaban J connectivity index is 0. The number of carbonyl (C=O) groups is 1. The zero-order valence-electron chi connectivity index (χ0n) is 12.0. The monoisotopic (exact) mass is 394 g/mol. The molecule has 5 radical (unpaired) electrons. The minimum atomic E-state index is -1.13. The second kappa shape index (κ2) is 14.7. The minimum absolute atomic E-state index is 0.321. The van der Waals surface area contributed by atoms with Crippen LogP contribution in [0.2, 0.25) is 19.6 Å². The molecule has 0 aromatic heterocycles. The van der Waals surface area contributed by atoms with Crippen LogP contribution < -0.4 is 0 Å². The summed E-state index contributed by atoms with van der Waals surface area (Å²) in [5.41, 5.74) is 0. The van der Waals surface area contributed by atoms with Crippen LogP contribution in [-0.2, 0) is 37.0 Å². The molecule has 115 valence electrons. The van der Waals surface area contributed by atoms with Gasteiger partial charge in [0.25, 0.3) is 0 Å². The van der Waals surface area contributed by atoms with E-state index in [1.807, 2.05) is 32.1 Å². The normalized spacial score (nSPS) is 14.6. The summed E-state index contributed by atoms with van der Waals surface area (Å²) in [6.07, 6.45) is 10.0. The van der Waals surface area contributed by atoms with E-state index < -0.39 is 8.07 Å². The van der Waals surface area contributed by atoms with E-state index in [1.165, 1.54) is 24.3 Å². The molecule has 0 spiro atoms. The van der Waals surface area contributed by atoms with Crippen LogP contribution in [0.15, 0.2) is 10.3 Å². The number of methoxy groups -OCH3 is 1. The van der Waals surface area contributed by atoms with Crippen molar-refractivity contribution in [3.63, 3.8) is 0 Å². The Labute approximate surface area is 147 Å². The van der Waals surface area contributed by atoms with Gasteiger partial charge in [0.05, 0.1) is 20.1 Å². The summed E-state index contributed by atoms with van der Waals surface area (Å²) in [5, 5.41) is 2.39. The Hall–Kier alpha value is 0.793. The maximum absolute atomic E-state index is 11.1. The molecule has 0 amide bonds. The summed E-state index contributed by atoms with van der Waals surface area (Å²) in [7, 11) is 4.57. The van der Waals surface area contributed by atoms with E-state index in [-0.39, 0.29) is 5.97 Å². The summed E-state index contributed by atoms with van der Waals surface area (Å²) in [4.78, 5) is 11.6. The van der Waals surface area contributed by atoms with Crippen LogP contribution in [-0.4, -0.2) is 26.5 Å². The average Bonchev–Trinajstić information content (AvgIpc) is 2.99. The third-order valence-corrected chi connectivity index (χ3v) is 6.73. The van der Waals surface area contributed by atoms with Gasteiger partial charge in [-0.2, -0.15) is 5.41 Å². The van der Waals surface area contributed by atoms with Crippen LogP contribution in [0.4, 0.5) is 0 Å². The van der Waals surface area contributed by atoms with E-state index >= 15 is 0 Å². The molecule has 2 nitrogen and oxygen atoms in total. The molecule has 1 rings (SSSR count). The van der Waals surface area contributed by atoms with Crippen LogP contribution in [0, 0.1) is 32.1 Å². The first-order chi connectivity index (χ1) is 9.40. The van der Waals surface area contributed by atoms with Crippen molar-refractivity contribution in [2.24, 2.45) is 0 Å². The number of carbonyl (C=O) groups excluding carboxylic acids is 1. The van der Waals surface area contributed by atoms with E-state index in [0.717, 1.165) is 5.38 Å². The number of ether oxygens (including phenoxy) is 1. The third-order valence-electron chi connectivity index (χ3n) is 1.71. The van der Waals surface area contributed by atoms with Gasteiger partial charge in [-0.3, -0.25) is 0 Å². The number of halogens is 1. The van der Waals surface area contributed by atoms with Crippen molar-refractivity contribution < 1.29 is 24.4 Å². The van der Waals surface area contributed by atoms with Crippen LogP contribution >= 0.6 is 21.9 Å². The van der Waals surface area contributed by atoms with Crippen molar-refractivity contribution in [2.45, 2.75) is 19.6 Å². The first kappa shape index (κ1) is 23.1. The van der Waals surface area contributed by atoms with Crippen LogP contribution in [0.25, 0.3) is 0 Å². The van der Waals surface area contributed by atoms with Crippen molar-refractivity contribution in [2.75, 3.05) is 12.5 Å². The molecule has 20 heavy (non-hydrogen) atoms. The molecule has 0 N–H and O–H groups in total. The van der Waals surface area contributed by atoms with Crippen molar-refractivity contribution in [3.8, 4) is 0 Å². The van der Waals surface area contributed by atoms with Gasteiger partial charge in [-0.15, -0.1) is 11.8 Å². The first-order valence-electron chi connectivity index (χ1n) is 5.73. The fourth-order valence-electron chi connectivity index (χ4n) is 0.857. The predicted molar refractivity (Wildman–Crippen MR) is 90.6 cm³/mol. The van der Waals surface area contributed by atoms with Gasteiger partial charge >= 0.3 is 31.0 Å². The quantitative estimate of drug-likeness (QED) is 0.313. The predicted octanol–water partition coefficient (Wildman–Crippen LogP) is 3.87. The molecule has 0 aromatic carbocycles. The van der Waals surface area contributed by atoms with Gasteiger partial charge in [0, 0.05) is 0 Å². The molecular weight excluding hydrogens is 375 g/mol. The fourth-order valence-corrected chi connectivity index (χ4v) is 3.78. The molecule has 0 aromatic rings. The number of hydrogen-bond acceptors (Lipinski definition) is 4. The Bertz CT molecular complexity index is 272. The maximum atomic E-state index is 11.1. The molecule has 1 fully saturated rings. The molecule has 0 bridgehead atoms. The van der Waals surface area contributed by atoms with Gasteiger partial charge in [0.1, 0.15) is 0 Å². The van der Waals surface area contributed by atoms with Gasteiger partial charge in [-0.1, -0.05) is 19.6 Å². The van der Waals surface area contributed by atoms with E-state index in [0.29, 0.717) is 4.91 Å². The van der Waals surface area contributed by atoms with Gasteiger partial charge in [-0.25, -0.2) is 4.79 Å². The topological polar surface area (TPSA) is 26.3 Å². The summed E-state index contributed by atoms with van der Waals surface area (Å²) in [6, 6.07) is 0. The summed E-state index contributed by atoms with van der Waals surface area (Å²) in [5.74, 6) is -0.321. The Morgan fingerprint density at radius 2 is 1.65 bits per heavy atom. The first-order valence-corrected chi connectivity index (χ1v) is 12.3. The molecule has 0 saturated heterocycles. The van der Waals surface area contributed by atoms with Crippen molar-refractivity contribution in [1.82, 2.24) is 0 Å². The molecule has 0 heterocycles. The van der Waals surface area contributed by atoms with E-state index in [1.54, 1.807) is 0 Å². The van der Waals surface area contributed by atoms with Gasteiger partial charge in [-0.05, 0) is 37.5 Å². The molecule has 0 unspecified atom stereocenters. The van der Waals surface area contributed by atoms with E-state index in [4.69, 9.17) is 12.6 Å². The standard InChI is InChI=1S/C8H16O2S2Si.C5H5.ClH.Co/c1-10-8(9)7(5-11)12-6-13(2,3)4;1-2-4-5-3-1;;/h5,11H,6H2,1-4H3;1-5H;1H;/q;;;+3/p-2/b7-5-;;;. The van der Waals surface area contributed by atoms with Crippen molar-refractivity contribution >= 4 is 48.6 Å². The molecular formula is C13H20ClCoO2S2Si+. The molecule has 0 aliphatic heterocycles. The second-order valence-electron chi connectivity index (χ2n) is 4.79. The van der Waals surface area contributed by atoms with E-state index in [9.17, 15) is 4.79 Å². The fraction of sp³-hybridized carbons (Fsp3) is 0.385. The second-order valence-corrected chi connectivity index (χ2v) is 12.0. The van der Waals surface area contributed by atoms with Crippen molar-refractivity contribution in [3.05, 3.63) is 42.4 Å². The Morgan fingerprint density at radius 1 is 1.25 bits per heavy atom. The van der Waals surface area contributed by atoms with Crippen LogP contribution in [0.5, 0.6) is 0 Å². The van der Waals surface area contributed by atoms with Crippen LogP contribution in [0.3, 0.4) is 0 Å². The molecule has 1 saturated carbocycles. The molecule has 1 aliphatic rings. The Kier molecular flexibility index (Phi) is 17.0. The average molecular weight is 395 g/mol. The number of thioether (sulfide) groups is 1. The Morgan fingerprint density at radius 3 is 1.90 bits per heavy atom. The number of rotatable bonds is 4. The number of hydrogen-bond donors (Lipinski definition) is 0. The summed E-state index contributed by atoms with van der Waals surface area (Å²) >= 11 is 9.28. The number of esters is 1. The zero-order valence-corrected chi connectivity index (χ0v) is 16.4. The van der Waals surface area contributed by atoms with Crippen LogP contribution in [0.1, 0.15) is 0 Å². The summed E-state index contributed by atoms with van der Waals surface area (Å²) in [6.45, 7) is 6.74. The van der Waals surface area contributed by atoms with Gasteiger partial charge in [0.2, 0.25) is 0 Å². The molecule has 7 heteroatoms. The van der Waals surface area contributed by atoms with Crippen molar-refractivity contribution in [1.29, 1.82) is 0 Å². The SMILES string of the molecule is COC(=O)/C(=C/[S-])SC[Si](C)(C)C.[CH]1[CH][CH][CH][CH]1.[Cl][Co+2]. The van der Waals surface area contributed by atoms with Gasteiger partial charge in [0.15, 0.2) is 0 Å². The molecule has 1 aliphatic carbocycles. The van der Waals surface area contributed by atoms with Gasteiger partial charge < -0.3 is 17.4 Å². The molecule has 0 atom stereocenters. The van der Waals surface area contributed by atoms with E-state index in [2.05, 4.69) is 49.4 Å². The summed E-state index contributed by atoms with van der Waals surface area (Å²) < 4.78 is 4.59. The zero-order chi connectivity index (χ0) is 16.0. The third kappa shape index (κ3) is 15.2.